The minimum Gasteiger partial charge on any atom is -0.402 e. The summed E-state index contributed by atoms with van der Waals surface area (Å²) in [4.78, 5) is 0. The molecule has 0 aromatic carbocycles. The molecule has 0 heterocycles. The molecule has 0 aromatic rings. The van der Waals surface area contributed by atoms with Crippen LogP contribution < -0.4 is 5.73 Å². The predicted octanol–water partition coefficient (Wildman–Crippen LogP) is 2.18. The van der Waals surface area contributed by atoms with Gasteiger partial charge in [-0.1, -0.05) is 12.0 Å². The first-order valence-corrected chi connectivity index (χ1v) is 3.75. The van der Waals surface area contributed by atoms with E-state index in [4.69, 9.17) is 5.73 Å². The van der Waals surface area contributed by atoms with Crippen molar-refractivity contribution in [2.45, 2.75) is 39.0 Å². The molecule has 1 aliphatic rings. The second kappa shape index (κ2) is 2.90. The molecule has 9 heavy (non-hydrogen) atoms. The molecule has 0 aromatic heterocycles. The summed E-state index contributed by atoms with van der Waals surface area (Å²) in [7, 11) is 0. The van der Waals surface area contributed by atoms with E-state index < -0.39 is 0 Å². The summed E-state index contributed by atoms with van der Waals surface area (Å²) in [5.41, 5.74) is 8.33. The Hall–Kier alpha value is -0.460. The van der Waals surface area contributed by atoms with E-state index in [0.29, 0.717) is 0 Å². The molecule has 1 aliphatic carbocycles. The van der Waals surface area contributed by atoms with Crippen molar-refractivity contribution < 1.29 is 0 Å². The monoisotopic (exact) mass is 125 g/mol. The highest BCUT2D eigenvalue weighted by atomic mass is 14.6. The molecule has 0 fully saturated rings. The smallest absolute Gasteiger partial charge is 0.00695 e. The van der Waals surface area contributed by atoms with E-state index in [1.165, 1.54) is 31.3 Å². The number of nitrogens with two attached hydrogens (primary N) is 1. The molecule has 0 saturated heterocycles. The Bertz CT molecular complexity index is 111. The Kier molecular flexibility index (Phi) is 2.15. The van der Waals surface area contributed by atoms with Crippen LogP contribution >= 0.6 is 0 Å². The summed E-state index contributed by atoms with van der Waals surface area (Å²) in [6.45, 7) is 2.15. The van der Waals surface area contributed by atoms with Gasteiger partial charge in [0.25, 0.3) is 0 Å². The van der Waals surface area contributed by atoms with Crippen LogP contribution in [0, 0.1) is 0 Å². The molecule has 0 bridgehead atoms. The van der Waals surface area contributed by atoms with E-state index in [1.807, 2.05) is 0 Å². The zero-order valence-electron chi connectivity index (χ0n) is 6.11. The molecule has 0 unspecified atom stereocenters. The highest BCUT2D eigenvalue weighted by Gasteiger charge is 2.02. The van der Waals surface area contributed by atoms with Gasteiger partial charge in [0.05, 0.1) is 0 Å². The van der Waals surface area contributed by atoms with Crippen molar-refractivity contribution in [3.8, 4) is 0 Å². The van der Waals surface area contributed by atoms with Crippen LogP contribution in [-0.2, 0) is 0 Å². The van der Waals surface area contributed by atoms with Crippen molar-refractivity contribution in [2.24, 2.45) is 5.73 Å². The Labute approximate surface area is 56.9 Å². The SMILES string of the molecule is CC1=C(N)CCCCC1. The van der Waals surface area contributed by atoms with Crippen LogP contribution in [0.15, 0.2) is 11.3 Å². The molecule has 0 spiro atoms. The lowest BCUT2D eigenvalue weighted by Gasteiger charge is -1.99. The number of rotatable bonds is 0. The van der Waals surface area contributed by atoms with Crippen LogP contribution in [0.25, 0.3) is 0 Å². The fourth-order valence-electron chi connectivity index (χ4n) is 1.26. The van der Waals surface area contributed by atoms with Crippen LogP contribution in [0.2, 0.25) is 0 Å². The first-order chi connectivity index (χ1) is 4.30. The summed E-state index contributed by atoms with van der Waals surface area (Å²) < 4.78 is 0. The first kappa shape index (κ1) is 6.66. The van der Waals surface area contributed by atoms with Gasteiger partial charge in [-0.05, 0) is 32.6 Å². The maximum atomic E-state index is 5.76. The number of allylic oxidation sites excluding steroid dienone is 2. The lowest BCUT2D eigenvalue weighted by atomic mass is 10.1. The fourth-order valence-corrected chi connectivity index (χ4v) is 1.26. The molecule has 2 N–H and O–H groups in total. The van der Waals surface area contributed by atoms with Gasteiger partial charge in [0, 0.05) is 5.70 Å². The van der Waals surface area contributed by atoms with Gasteiger partial charge in [0.1, 0.15) is 0 Å². The van der Waals surface area contributed by atoms with Crippen molar-refractivity contribution >= 4 is 0 Å². The Morgan fingerprint density at radius 2 is 1.78 bits per heavy atom. The molecule has 1 heteroatoms. The zero-order chi connectivity index (χ0) is 6.69. The molecule has 0 amide bonds. The lowest BCUT2D eigenvalue weighted by molar-refractivity contribution is 0.705. The van der Waals surface area contributed by atoms with Crippen molar-refractivity contribution in [3.05, 3.63) is 11.3 Å². The average Bonchev–Trinajstić information content (AvgIpc) is 1.99. The highest BCUT2D eigenvalue weighted by Crippen LogP contribution is 2.19. The Morgan fingerprint density at radius 1 is 1.11 bits per heavy atom. The Balaban J connectivity index is 2.55. The quantitative estimate of drug-likeness (QED) is 0.527. The standard InChI is InChI=1S/C8H15N/c1-7-5-3-2-4-6-8(7)9/h2-6,9H2,1H3. The van der Waals surface area contributed by atoms with Crippen molar-refractivity contribution in [2.75, 3.05) is 0 Å². The van der Waals surface area contributed by atoms with Crippen molar-refractivity contribution in [3.63, 3.8) is 0 Å². The van der Waals surface area contributed by atoms with Gasteiger partial charge in [0.2, 0.25) is 0 Å². The van der Waals surface area contributed by atoms with Gasteiger partial charge in [-0.2, -0.15) is 0 Å². The minimum absolute atomic E-state index is 1.13. The van der Waals surface area contributed by atoms with E-state index in [-0.39, 0.29) is 0 Å². The van der Waals surface area contributed by atoms with Gasteiger partial charge < -0.3 is 5.73 Å². The van der Waals surface area contributed by atoms with Crippen LogP contribution in [0.5, 0.6) is 0 Å². The minimum atomic E-state index is 1.13. The van der Waals surface area contributed by atoms with Gasteiger partial charge in [0.15, 0.2) is 0 Å². The molecule has 0 radical (unpaired) electrons. The molecular weight excluding hydrogens is 110 g/mol. The van der Waals surface area contributed by atoms with Crippen molar-refractivity contribution in [1.29, 1.82) is 0 Å². The summed E-state index contributed by atoms with van der Waals surface area (Å²) in [6.07, 6.45) is 6.35. The van der Waals surface area contributed by atoms with E-state index in [9.17, 15) is 0 Å². The molecule has 52 valence electrons. The van der Waals surface area contributed by atoms with Gasteiger partial charge in [-0.15, -0.1) is 0 Å². The summed E-state index contributed by atoms with van der Waals surface area (Å²) in [6, 6.07) is 0. The van der Waals surface area contributed by atoms with E-state index >= 15 is 0 Å². The molecular formula is C8H15N. The lowest BCUT2D eigenvalue weighted by Crippen LogP contribution is -1.98. The number of hydrogen-bond acceptors (Lipinski definition) is 1. The molecule has 1 rings (SSSR count). The van der Waals surface area contributed by atoms with Gasteiger partial charge in [-0.3, -0.25) is 0 Å². The summed E-state index contributed by atoms with van der Waals surface area (Å²) >= 11 is 0. The molecule has 0 aliphatic heterocycles. The summed E-state index contributed by atoms with van der Waals surface area (Å²) in [5.74, 6) is 0. The second-order valence-corrected chi connectivity index (χ2v) is 2.87. The van der Waals surface area contributed by atoms with Crippen molar-refractivity contribution in [1.82, 2.24) is 0 Å². The second-order valence-electron chi connectivity index (χ2n) is 2.87. The maximum absolute atomic E-state index is 5.76. The van der Waals surface area contributed by atoms with E-state index in [0.717, 1.165) is 12.1 Å². The van der Waals surface area contributed by atoms with Crippen LogP contribution in [0.3, 0.4) is 0 Å². The Morgan fingerprint density at radius 3 is 2.56 bits per heavy atom. The highest BCUT2D eigenvalue weighted by molar-refractivity contribution is 5.09. The predicted molar refractivity (Wildman–Crippen MR) is 40.0 cm³/mol. The van der Waals surface area contributed by atoms with Crippen LogP contribution in [0.4, 0.5) is 0 Å². The third kappa shape index (κ3) is 1.74. The normalized spacial score (nSPS) is 21.9. The molecule has 1 nitrogen and oxygen atoms in total. The zero-order valence-corrected chi connectivity index (χ0v) is 6.11. The van der Waals surface area contributed by atoms with Gasteiger partial charge >= 0.3 is 0 Å². The van der Waals surface area contributed by atoms with Gasteiger partial charge in [-0.25, -0.2) is 0 Å². The van der Waals surface area contributed by atoms with E-state index in [1.54, 1.807) is 0 Å². The average molecular weight is 125 g/mol. The fraction of sp³-hybridized carbons (Fsp3) is 0.750. The maximum Gasteiger partial charge on any atom is 0.00695 e. The van der Waals surface area contributed by atoms with E-state index in [2.05, 4.69) is 6.92 Å². The topological polar surface area (TPSA) is 26.0 Å². The van der Waals surface area contributed by atoms with Crippen LogP contribution in [0.1, 0.15) is 39.0 Å². The molecule has 0 saturated carbocycles. The molecule has 0 atom stereocenters. The van der Waals surface area contributed by atoms with Crippen LogP contribution in [-0.4, -0.2) is 0 Å². The first-order valence-electron chi connectivity index (χ1n) is 3.75. The number of hydrogen-bond donors (Lipinski definition) is 1. The summed E-state index contributed by atoms with van der Waals surface area (Å²) in [5, 5.41) is 0. The third-order valence-electron chi connectivity index (χ3n) is 2.05. The third-order valence-corrected chi connectivity index (χ3v) is 2.05. The largest absolute Gasteiger partial charge is 0.402 e.